The summed E-state index contributed by atoms with van der Waals surface area (Å²) in [6.45, 7) is 2.50. The van der Waals surface area contributed by atoms with Gasteiger partial charge >= 0.3 is 5.97 Å². The van der Waals surface area contributed by atoms with Crippen LogP contribution in [-0.4, -0.2) is 30.2 Å². The first-order valence-corrected chi connectivity index (χ1v) is 6.90. The van der Waals surface area contributed by atoms with Crippen LogP contribution in [-0.2, 0) is 9.53 Å². The molecule has 21 heavy (non-hydrogen) atoms. The molecule has 2 aromatic rings. The van der Waals surface area contributed by atoms with E-state index in [2.05, 4.69) is 4.98 Å². The van der Waals surface area contributed by atoms with Crippen LogP contribution in [0, 0.1) is 0 Å². The number of para-hydroxylation sites is 2. The first kappa shape index (κ1) is 13.4. The zero-order valence-electron chi connectivity index (χ0n) is 11.7. The van der Waals surface area contributed by atoms with Crippen LogP contribution in [0.5, 0.6) is 5.75 Å². The summed E-state index contributed by atoms with van der Waals surface area (Å²) < 4.78 is 10.8. The van der Waals surface area contributed by atoms with Crippen LogP contribution in [0.1, 0.15) is 6.92 Å². The summed E-state index contributed by atoms with van der Waals surface area (Å²) in [5.41, 5.74) is 0.900. The number of hydrogen-bond donors (Lipinski definition) is 0. The molecule has 1 atom stereocenters. The fraction of sp³-hybridized carbons (Fsp3) is 0.250. The normalized spacial score (nSPS) is 16.8. The zero-order valence-corrected chi connectivity index (χ0v) is 11.7. The van der Waals surface area contributed by atoms with Gasteiger partial charge in [0.05, 0.1) is 18.8 Å². The molecule has 0 fully saturated rings. The number of rotatable bonds is 3. The third-order valence-electron chi connectivity index (χ3n) is 3.25. The average Bonchev–Trinajstić information content (AvgIpc) is 2.55. The highest BCUT2D eigenvalue weighted by atomic mass is 16.6. The SMILES string of the molecule is CCOC(=O)C1CN(c2ccccn2)c2ccccc2O1. The van der Waals surface area contributed by atoms with Gasteiger partial charge in [-0.05, 0) is 31.2 Å². The molecular formula is C16H16N2O3. The molecule has 5 heteroatoms. The first-order valence-electron chi connectivity index (χ1n) is 6.90. The van der Waals surface area contributed by atoms with Crippen LogP contribution in [0.15, 0.2) is 48.7 Å². The van der Waals surface area contributed by atoms with Gasteiger partial charge in [0, 0.05) is 6.20 Å². The van der Waals surface area contributed by atoms with Gasteiger partial charge in [0.25, 0.3) is 0 Å². The summed E-state index contributed by atoms with van der Waals surface area (Å²) in [4.78, 5) is 18.3. The van der Waals surface area contributed by atoms with Gasteiger partial charge in [-0.1, -0.05) is 18.2 Å². The van der Waals surface area contributed by atoms with Gasteiger partial charge in [-0.25, -0.2) is 9.78 Å². The number of benzene rings is 1. The fourth-order valence-corrected chi connectivity index (χ4v) is 2.32. The molecular weight excluding hydrogens is 268 g/mol. The second kappa shape index (κ2) is 5.83. The molecule has 1 unspecified atom stereocenters. The maximum atomic E-state index is 12.0. The third-order valence-corrected chi connectivity index (χ3v) is 3.25. The summed E-state index contributed by atoms with van der Waals surface area (Å²) >= 11 is 0. The molecule has 2 heterocycles. The van der Waals surface area contributed by atoms with E-state index in [1.54, 1.807) is 13.1 Å². The van der Waals surface area contributed by atoms with Crippen molar-refractivity contribution < 1.29 is 14.3 Å². The van der Waals surface area contributed by atoms with Crippen molar-refractivity contribution in [1.29, 1.82) is 0 Å². The lowest BCUT2D eigenvalue weighted by molar-refractivity contribution is -0.151. The lowest BCUT2D eigenvalue weighted by atomic mass is 10.2. The van der Waals surface area contributed by atoms with Crippen molar-refractivity contribution in [3.63, 3.8) is 0 Å². The Morgan fingerprint density at radius 3 is 2.90 bits per heavy atom. The molecule has 0 N–H and O–H groups in total. The minimum atomic E-state index is -0.651. The Kier molecular flexibility index (Phi) is 3.73. The Morgan fingerprint density at radius 1 is 1.33 bits per heavy atom. The van der Waals surface area contributed by atoms with Gasteiger partial charge in [0.2, 0.25) is 6.10 Å². The topological polar surface area (TPSA) is 51.7 Å². The van der Waals surface area contributed by atoms with Gasteiger partial charge in [0.15, 0.2) is 0 Å². The Hall–Kier alpha value is -2.56. The molecule has 1 aromatic carbocycles. The molecule has 3 rings (SSSR count). The number of carbonyl (C=O) groups excluding carboxylic acids is 1. The number of esters is 1. The van der Waals surface area contributed by atoms with E-state index in [1.165, 1.54) is 0 Å². The van der Waals surface area contributed by atoms with Crippen LogP contribution in [0.4, 0.5) is 11.5 Å². The van der Waals surface area contributed by atoms with E-state index in [4.69, 9.17) is 9.47 Å². The fourth-order valence-electron chi connectivity index (χ4n) is 2.32. The second-order valence-electron chi connectivity index (χ2n) is 4.62. The van der Waals surface area contributed by atoms with Crippen molar-refractivity contribution in [2.45, 2.75) is 13.0 Å². The summed E-state index contributed by atoms with van der Waals surface area (Å²) in [5.74, 6) is 1.09. The average molecular weight is 284 g/mol. The van der Waals surface area contributed by atoms with E-state index in [1.807, 2.05) is 47.4 Å². The van der Waals surface area contributed by atoms with E-state index in [9.17, 15) is 4.79 Å². The standard InChI is InChI=1S/C16H16N2O3/c1-2-20-16(19)14-11-18(15-9-5-6-10-17-15)12-7-3-4-8-13(12)21-14/h3-10,14H,2,11H2,1H3. The molecule has 0 spiro atoms. The van der Waals surface area contributed by atoms with Crippen molar-refractivity contribution in [2.24, 2.45) is 0 Å². The molecule has 108 valence electrons. The van der Waals surface area contributed by atoms with E-state index >= 15 is 0 Å². The summed E-state index contributed by atoms with van der Waals surface area (Å²) in [6, 6.07) is 13.3. The quantitative estimate of drug-likeness (QED) is 0.811. The molecule has 0 amide bonds. The molecule has 1 aliphatic rings. The van der Waals surface area contributed by atoms with Crippen LogP contribution < -0.4 is 9.64 Å². The van der Waals surface area contributed by atoms with E-state index < -0.39 is 6.10 Å². The van der Waals surface area contributed by atoms with E-state index in [0.29, 0.717) is 18.9 Å². The minimum absolute atomic E-state index is 0.337. The molecule has 1 aliphatic heterocycles. The van der Waals surface area contributed by atoms with Crippen molar-refractivity contribution in [3.8, 4) is 5.75 Å². The van der Waals surface area contributed by atoms with Gasteiger partial charge < -0.3 is 14.4 Å². The number of anilines is 2. The first-order chi connectivity index (χ1) is 10.3. The molecule has 0 saturated carbocycles. The van der Waals surface area contributed by atoms with Gasteiger partial charge in [-0.15, -0.1) is 0 Å². The largest absolute Gasteiger partial charge is 0.475 e. The molecule has 0 radical (unpaired) electrons. The van der Waals surface area contributed by atoms with Crippen molar-refractivity contribution in [2.75, 3.05) is 18.1 Å². The molecule has 0 aliphatic carbocycles. The number of aromatic nitrogens is 1. The third kappa shape index (κ3) is 2.67. The lowest BCUT2D eigenvalue weighted by Crippen LogP contribution is -2.43. The Bertz CT molecular complexity index is 630. The highest BCUT2D eigenvalue weighted by Crippen LogP contribution is 2.37. The second-order valence-corrected chi connectivity index (χ2v) is 4.62. The number of pyridine rings is 1. The Balaban J connectivity index is 1.96. The monoisotopic (exact) mass is 284 g/mol. The summed E-state index contributed by atoms with van der Waals surface area (Å²) in [7, 11) is 0. The molecule has 0 bridgehead atoms. The van der Waals surface area contributed by atoms with Crippen LogP contribution in [0.25, 0.3) is 0 Å². The predicted molar refractivity (Wildman–Crippen MR) is 78.7 cm³/mol. The molecule has 5 nitrogen and oxygen atoms in total. The van der Waals surface area contributed by atoms with Crippen LogP contribution in [0.2, 0.25) is 0 Å². The maximum absolute atomic E-state index is 12.0. The molecule has 0 saturated heterocycles. The summed E-state index contributed by atoms with van der Waals surface area (Å²) in [6.07, 6.45) is 1.08. The van der Waals surface area contributed by atoms with Crippen molar-refractivity contribution in [3.05, 3.63) is 48.7 Å². The zero-order chi connectivity index (χ0) is 14.7. The number of carbonyl (C=O) groups is 1. The van der Waals surface area contributed by atoms with Crippen molar-refractivity contribution in [1.82, 2.24) is 4.98 Å². The highest BCUT2D eigenvalue weighted by Gasteiger charge is 2.32. The van der Waals surface area contributed by atoms with Crippen LogP contribution in [0.3, 0.4) is 0 Å². The van der Waals surface area contributed by atoms with Crippen LogP contribution >= 0.6 is 0 Å². The Labute approximate surface area is 123 Å². The number of ether oxygens (including phenoxy) is 2. The van der Waals surface area contributed by atoms with E-state index in [0.717, 1.165) is 11.5 Å². The molecule has 1 aromatic heterocycles. The minimum Gasteiger partial charge on any atom is -0.475 e. The van der Waals surface area contributed by atoms with Gasteiger partial charge in [-0.2, -0.15) is 0 Å². The van der Waals surface area contributed by atoms with Gasteiger partial charge in [-0.3, -0.25) is 0 Å². The summed E-state index contributed by atoms with van der Waals surface area (Å²) in [5, 5.41) is 0. The van der Waals surface area contributed by atoms with Gasteiger partial charge in [0.1, 0.15) is 11.6 Å². The number of fused-ring (bicyclic) bond motifs is 1. The number of nitrogens with zero attached hydrogens (tertiary/aromatic N) is 2. The van der Waals surface area contributed by atoms with Crippen molar-refractivity contribution >= 4 is 17.5 Å². The highest BCUT2D eigenvalue weighted by molar-refractivity contribution is 5.80. The Morgan fingerprint density at radius 2 is 2.14 bits per heavy atom. The number of hydrogen-bond acceptors (Lipinski definition) is 5. The predicted octanol–water partition coefficient (Wildman–Crippen LogP) is 2.54. The van der Waals surface area contributed by atoms with E-state index in [-0.39, 0.29) is 5.97 Å². The lowest BCUT2D eigenvalue weighted by Gasteiger charge is -2.34. The maximum Gasteiger partial charge on any atom is 0.349 e. The smallest absolute Gasteiger partial charge is 0.349 e.